The van der Waals surface area contributed by atoms with Gasteiger partial charge in [-0.1, -0.05) is 45.1 Å². The Bertz CT molecular complexity index is 1780. The van der Waals surface area contributed by atoms with Crippen molar-refractivity contribution >= 4 is 67.8 Å². The Hall–Kier alpha value is -4.64. The second-order valence-corrected chi connectivity index (χ2v) is 14.7. The Morgan fingerprint density at radius 1 is 0.784 bits per heavy atom. The maximum absolute atomic E-state index is 12.2. The molecule has 14 nitrogen and oxygen atoms in total. The molecule has 51 heavy (non-hydrogen) atoms. The molecule has 1 amide bonds. The minimum atomic E-state index is -1.30. The summed E-state index contributed by atoms with van der Waals surface area (Å²) in [6.07, 6.45) is 0.308. The highest BCUT2D eigenvalue weighted by atomic mass is 32.1. The van der Waals surface area contributed by atoms with Gasteiger partial charge in [0.1, 0.15) is 35.7 Å². The van der Waals surface area contributed by atoms with Crippen LogP contribution in [-0.2, 0) is 30.4 Å². The molecule has 1 aromatic carbocycles. The smallest absolute Gasteiger partial charge is 0.321 e. The van der Waals surface area contributed by atoms with Crippen LogP contribution in [0.15, 0.2) is 51.6 Å². The van der Waals surface area contributed by atoms with E-state index in [0.29, 0.717) is 23.1 Å². The molecule has 0 aliphatic heterocycles. The third-order valence-electron chi connectivity index (χ3n) is 7.46. The van der Waals surface area contributed by atoms with Crippen molar-refractivity contribution in [2.75, 3.05) is 5.32 Å². The molecule has 0 bridgehead atoms. The first-order valence-electron chi connectivity index (χ1n) is 16.2. The van der Waals surface area contributed by atoms with Crippen molar-refractivity contribution in [3.63, 3.8) is 0 Å². The molecule has 0 spiro atoms. The number of nitrogens with one attached hydrogen (secondary N) is 3. The fourth-order valence-corrected chi connectivity index (χ4v) is 6.66. The molecule has 7 N–H and O–H groups in total. The van der Waals surface area contributed by atoms with E-state index in [9.17, 15) is 44.4 Å². The van der Waals surface area contributed by atoms with E-state index < -0.39 is 60.4 Å². The molecular weight excluding hydrogens is 701 g/mol. The predicted octanol–water partition coefficient (Wildman–Crippen LogP) is 5.57. The highest BCUT2D eigenvalue weighted by molar-refractivity contribution is 7.22. The number of aliphatic carboxylic acids is 4. The maximum Gasteiger partial charge on any atom is 0.321 e. The van der Waals surface area contributed by atoms with Gasteiger partial charge in [0.2, 0.25) is 5.91 Å². The molecule has 3 heterocycles. The second-order valence-electron chi connectivity index (χ2n) is 12.9. The molecule has 4 rings (SSSR count). The minimum absolute atomic E-state index is 0.0630. The molecule has 0 aliphatic carbocycles. The summed E-state index contributed by atoms with van der Waals surface area (Å²) < 4.78 is 6.61. The fraction of sp³-hybridized carbons (Fsp3) is 0.429. The number of amides is 1. The van der Waals surface area contributed by atoms with Gasteiger partial charge < -0.3 is 30.2 Å². The summed E-state index contributed by atoms with van der Waals surface area (Å²) in [5.74, 6) is -3.73. The number of fused-ring (bicyclic) bond motifs is 1. The second kappa shape index (κ2) is 19.1. The summed E-state index contributed by atoms with van der Waals surface area (Å²) in [4.78, 5) is 62.2. The summed E-state index contributed by atoms with van der Waals surface area (Å²) in [6, 6.07) is 6.88. The van der Waals surface area contributed by atoms with Crippen LogP contribution in [0.25, 0.3) is 21.5 Å². The average molecular weight is 745 g/mol. The van der Waals surface area contributed by atoms with Gasteiger partial charge in [-0.3, -0.25) is 34.6 Å². The number of anilines is 1. The van der Waals surface area contributed by atoms with Gasteiger partial charge in [-0.05, 0) is 72.9 Å². The van der Waals surface area contributed by atoms with Gasteiger partial charge in [0, 0.05) is 17.4 Å². The number of rotatable bonds is 18. The minimum Gasteiger partial charge on any atom is -0.480 e. The lowest BCUT2D eigenvalue weighted by Crippen LogP contribution is -2.49. The summed E-state index contributed by atoms with van der Waals surface area (Å²) in [5, 5.41) is 49.4. The Morgan fingerprint density at radius 3 is 1.90 bits per heavy atom. The lowest BCUT2D eigenvalue weighted by Gasteiger charge is -2.21. The molecule has 0 aliphatic rings. The zero-order valence-electron chi connectivity index (χ0n) is 28.9. The van der Waals surface area contributed by atoms with Crippen molar-refractivity contribution in [2.24, 2.45) is 11.8 Å². The Labute approximate surface area is 302 Å². The topological polar surface area (TPSA) is 228 Å². The van der Waals surface area contributed by atoms with E-state index in [2.05, 4.69) is 20.9 Å². The number of carboxylic acid groups (broad SMARTS) is 4. The maximum atomic E-state index is 12.2. The van der Waals surface area contributed by atoms with Crippen LogP contribution < -0.4 is 16.0 Å². The number of furan rings is 1. The molecule has 16 heteroatoms. The van der Waals surface area contributed by atoms with Crippen molar-refractivity contribution in [1.29, 1.82) is 0 Å². The molecule has 4 atom stereocenters. The molecule has 0 saturated heterocycles. The van der Waals surface area contributed by atoms with E-state index in [0.717, 1.165) is 21.3 Å². The molecule has 4 aromatic rings. The van der Waals surface area contributed by atoms with Gasteiger partial charge in [0.15, 0.2) is 5.13 Å². The highest BCUT2D eigenvalue weighted by Gasteiger charge is 2.29. The van der Waals surface area contributed by atoms with Crippen LogP contribution in [0.4, 0.5) is 5.13 Å². The number of carbonyl (C=O) groups excluding carboxylic acids is 1. The van der Waals surface area contributed by atoms with E-state index in [4.69, 9.17) is 4.42 Å². The van der Waals surface area contributed by atoms with Crippen molar-refractivity contribution in [1.82, 2.24) is 15.6 Å². The number of hydrogen-bond acceptors (Lipinski definition) is 11. The van der Waals surface area contributed by atoms with Crippen LogP contribution in [0.5, 0.6) is 0 Å². The number of aryl methyl sites for hydroxylation is 1. The summed E-state index contributed by atoms with van der Waals surface area (Å²) in [7, 11) is 0. The van der Waals surface area contributed by atoms with E-state index in [1.807, 2.05) is 69.6 Å². The number of carbonyl (C=O) groups is 5. The normalized spacial score (nSPS) is 13.6. The Morgan fingerprint density at radius 2 is 1.37 bits per heavy atom. The number of thiazole rings is 1. The Balaban J connectivity index is 0.000000277. The van der Waals surface area contributed by atoms with Crippen LogP contribution in [0.3, 0.4) is 0 Å². The van der Waals surface area contributed by atoms with E-state index in [1.165, 1.54) is 11.3 Å². The van der Waals surface area contributed by atoms with E-state index in [1.54, 1.807) is 23.5 Å². The van der Waals surface area contributed by atoms with Gasteiger partial charge in [0.05, 0.1) is 16.6 Å². The lowest BCUT2D eigenvalue weighted by molar-refractivity contribution is -0.145. The van der Waals surface area contributed by atoms with Gasteiger partial charge >= 0.3 is 23.9 Å². The van der Waals surface area contributed by atoms with Crippen molar-refractivity contribution in [2.45, 2.75) is 84.5 Å². The van der Waals surface area contributed by atoms with Crippen LogP contribution >= 0.6 is 22.7 Å². The zero-order chi connectivity index (χ0) is 37.8. The van der Waals surface area contributed by atoms with E-state index >= 15 is 0 Å². The van der Waals surface area contributed by atoms with Gasteiger partial charge in [-0.25, -0.2) is 4.98 Å². The predicted molar refractivity (Wildman–Crippen MR) is 194 cm³/mol. The average Bonchev–Trinajstić information content (AvgIpc) is 3.80. The molecule has 4 unspecified atom stereocenters. The SMILES string of the molecule is CC(C)CC(NC(Cc1ccc(-c2ccsc2)o1)C(=O)O)C(=O)O.Cc1ccc2nc(NC(=O)CC(NC(CC(C)C)C(=O)O)C(=O)O)sc2c1. The van der Waals surface area contributed by atoms with Crippen LogP contribution in [0, 0.1) is 18.8 Å². The van der Waals surface area contributed by atoms with Crippen molar-refractivity contribution in [3.8, 4) is 11.3 Å². The summed E-state index contributed by atoms with van der Waals surface area (Å²) in [6.45, 7) is 9.43. The number of benzene rings is 1. The van der Waals surface area contributed by atoms with Crippen molar-refractivity contribution < 1.29 is 48.8 Å². The van der Waals surface area contributed by atoms with Gasteiger partial charge in [-0.2, -0.15) is 11.3 Å². The summed E-state index contributed by atoms with van der Waals surface area (Å²) >= 11 is 2.85. The van der Waals surface area contributed by atoms with E-state index in [-0.39, 0.29) is 24.7 Å². The zero-order valence-corrected chi connectivity index (χ0v) is 30.5. The largest absolute Gasteiger partial charge is 0.480 e. The van der Waals surface area contributed by atoms with Gasteiger partial charge in [0.25, 0.3) is 0 Å². The van der Waals surface area contributed by atoms with Gasteiger partial charge in [-0.15, -0.1) is 0 Å². The lowest BCUT2D eigenvalue weighted by atomic mass is 10.0. The number of nitrogens with zero attached hydrogens (tertiary/aromatic N) is 1. The number of hydrogen-bond donors (Lipinski definition) is 7. The molecule has 0 saturated carbocycles. The quantitative estimate of drug-likeness (QED) is 0.0662. The third-order valence-corrected chi connectivity index (χ3v) is 9.08. The van der Waals surface area contributed by atoms with Crippen LogP contribution in [0.2, 0.25) is 0 Å². The molecule has 0 radical (unpaired) electrons. The highest BCUT2D eigenvalue weighted by Crippen LogP contribution is 2.27. The summed E-state index contributed by atoms with van der Waals surface area (Å²) in [5.41, 5.74) is 2.76. The molecule has 0 fully saturated rings. The number of carboxylic acids is 4. The van der Waals surface area contributed by atoms with Crippen molar-refractivity contribution in [3.05, 3.63) is 58.5 Å². The number of thiophene rings is 1. The first kappa shape index (κ1) is 40.8. The van der Waals surface area contributed by atoms with Crippen LogP contribution in [0.1, 0.15) is 58.3 Å². The third kappa shape index (κ3) is 13.2. The molecular formula is C35H44N4O10S2. The molecule has 276 valence electrons. The standard InChI is InChI=1S/C18H23N3O5S.C17H21NO5S/c1-9(2)6-12(16(23)24)19-13(17(25)26)8-15(22)21-18-20-11-5-4-10(3)7-14(11)27-18;1-10(2)7-13(16(19)20)18-14(17(21)22)8-12-3-4-15(23-12)11-5-6-24-9-11/h4-5,7,9,12-13,19H,6,8H2,1-3H3,(H,23,24)(H,25,26)(H,20,21,22);3-6,9-10,13-14,18H,7-8H2,1-2H3,(H,19,20)(H,21,22). The first-order chi connectivity index (χ1) is 24.0. The number of aromatic nitrogens is 1. The molecule has 3 aromatic heterocycles. The fourth-order valence-electron chi connectivity index (χ4n) is 5.03. The Kier molecular flexibility index (Phi) is 15.3. The van der Waals surface area contributed by atoms with Crippen LogP contribution in [-0.4, -0.2) is 79.4 Å². The first-order valence-corrected chi connectivity index (χ1v) is 18.0. The monoisotopic (exact) mass is 744 g/mol.